The number of ketones is 1. The maximum atomic E-state index is 12.3. The fourth-order valence-electron chi connectivity index (χ4n) is 3.81. The van der Waals surface area contributed by atoms with E-state index in [0.29, 0.717) is 23.6 Å². The van der Waals surface area contributed by atoms with Gasteiger partial charge in [-0.05, 0) is 61.5 Å². The molecule has 8 heteroatoms. The molecule has 0 atom stereocenters. The molecule has 0 saturated carbocycles. The van der Waals surface area contributed by atoms with Crippen LogP contribution in [0.15, 0.2) is 48.5 Å². The Labute approximate surface area is 207 Å². The fourth-order valence-corrected chi connectivity index (χ4v) is 3.81. The minimum atomic E-state index is -0.585. The van der Waals surface area contributed by atoms with Gasteiger partial charge < -0.3 is 24.6 Å². The van der Waals surface area contributed by atoms with Gasteiger partial charge in [0.15, 0.2) is 12.4 Å². The molecule has 0 unspecified atom stereocenters. The van der Waals surface area contributed by atoms with Crippen LogP contribution in [0.1, 0.15) is 43.5 Å². The van der Waals surface area contributed by atoms with E-state index in [-0.39, 0.29) is 18.6 Å². The first-order valence-electron chi connectivity index (χ1n) is 12.3. The number of hydrogen-bond acceptors (Lipinski definition) is 7. The Bertz CT molecular complexity index is 967. The van der Waals surface area contributed by atoms with E-state index in [4.69, 9.17) is 9.47 Å². The van der Waals surface area contributed by atoms with Crippen LogP contribution in [0.4, 0.5) is 11.4 Å². The van der Waals surface area contributed by atoms with Crippen LogP contribution in [0.3, 0.4) is 0 Å². The number of ether oxygens (including phenoxy) is 2. The first kappa shape index (κ1) is 26.2. The molecule has 188 valence electrons. The van der Waals surface area contributed by atoms with Gasteiger partial charge in [0.05, 0.1) is 13.0 Å². The highest BCUT2D eigenvalue weighted by atomic mass is 16.5. The molecule has 1 aliphatic heterocycles. The van der Waals surface area contributed by atoms with Crippen molar-refractivity contribution in [1.82, 2.24) is 4.90 Å². The smallest absolute Gasteiger partial charge is 0.306 e. The van der Waals surface area contributed by atoms with E-state index < -0.39 is 18.5 Å². The Balaban J connectivity index is 1.35. The Hall–Kier alpha value is -3.39. The molecule has 1 aliphatic rings. The zero-order valence-electron chi connectivity index (χ0n) is 20.6. The Morgan fingerprint density at radius 2 is 1.57 bits per heavy atom. The molecule has 1 N–H and O–H groups in total. The number of rotatable bonds is 12. The summed E-state index contributed by atoms with van der Waals surface area (Å²) < 4.78 is 10.5. The zero-order chi connectivity index (χ0) is 25.0. The predicted octanol–water partition coefficient (Wildman–Crippen LogP) is 3.76. The lowest BCUT2D eigenvalue weighted by molar-refractivity contribution is -0.147. The largest absolute Gasteiger partial charge is 0.494 e. The maximum absolute atomic E-state index is 12.3. The van der Waals surface area contributed by atoms with E-state index >= 15 is 0 Å². The van der Waals surface area contributed by atoms with Crippen molar-refractivity contribution in [3.63, 3.8) is 0 Å². The van der Waals surface area contributed by atoms with E-state index in [1.807, 2.05) is 31.2 Å². The second-order valence-electron chi connectivity index (χ2n) is 8.47. The number of nitrogens with zero attached hydrogens (tertiary/aromatic N) is 2. The number of hydrogen-bond donors (Lipinski definition) is 1. The van der Waals surface area contributed by atoms with Gasteiger partial charge in [0, 0.05) is 49.5 Å². The van der Waals surface area contributed by atoms with Gasteiger partial charge in [-0.3, -0.25) is 14.4 Å². The van der Waals surface area contributed by atoms with Gasteiger partial charge >= 0.3 is 5.97 Å². The molecule has 0 spiro atoms. The molecule has 1 amide bonds. The second kappa shape index (κ2) is 13.5. The maximum Gasteiger partial charge on any atom is 0.306 e. The summed E-state index contributed by atoms with van der Waals surface area (Å²) in [4.78, 5) is 41.2. The van der Waals surface area contributed by atoms with Crippen LogP contribution < -0.4 is 15.0 Å². The van der Waals surface area contributed by atoms with Crippen LogP contribution in [-0.4, -0.2) is 68.5 Å². The van der Waals surface area contributed by atoms with Crippen molar-refractivity contribution in [2.75, 3.05) is 56.2 Å². The summed E-state index contributed by atoms with van der Waals surface area (Å²) in [5.74, 6) is -0.461. The van der Waals surface area contributed by atoms with E-state index in [0.717, 1.165) is 44.8 Å². The SMILES string of the molecule is CCCOc1ccc(C(=O)CCC(=O)OCC(=O)Nc2ccc(N3CCN(CC)CC3)cc2)cc1. The first-order valence-corrected chi connectivity index (χ1v) is 12.3. The van der Waals surface area contributed by atoms with Crippen molar-refractivity contribution in [2.24, 2.45) is 0 Å². The van der Waals surface area contributed by atoms with Crippen LogP contribution in [-0.2, 0) is 14.3 Å². The van der Waals surface area contributed by atoms with Crippen LogP contribution >= 0.6 is 0 Å². The van der Waals surface area contributed by atoms with Crippen molar-refractivity contribution < 1.29 is 23.9 Å². The average molecular weight is 482 g/mol. The fraction of sp³-hybridized carbons (Fsp3) is 0.444. The number of anilines is 2. The molecular weight excluding hydrogens is 446 g/mol. The summed E-state index contributed by atoms with van der Waals surface area (Å²) in [6.07, 6.45) is 0.841. The van der Waals surface area contributed by atoms with Gasteiger partial charge in [-0.15, -0.1) is 0 Å². The summed E-state index contributed by atoms with van der Waals surface area (Å²) >= 11 is 0. The number of Topliss-reactive ketones (excluding diaryl/α,β-unsaturated/α-hetero) is 1. The van der Waals surface area contributed by atoms with E-state index in [1.165, 1.54) is 0 Å². The van der Waals surface area contributed by atoms with Gasteiger partial charge in [-0.1, -0.05) is 13.8 Å². The molecule has 0 bridgehead atoms. The molecule has 3 rings (SSSR count). The number of likely N-dealkylation sites (N-methyl/N-ethyl adjacent to an activating group) is 1. The van der Waals surface area contributed by atoms with Crippen molar-refractivity contribution >= 4 is 29.0 Å². The molecule has 1 fully saturated rings. The van der Waals surface area contributed by atoms with Crippen LogP contribution in [0, 0.1) is 0 Å². The van der Waals surface area contributed by atoms with Crippen molar-refractivity contribution in [3.8, 4) is 5.75 Å². The third kappa shape index (κ3) is 8.40. The number of nitrogens with one attached hydrogen (secondary N) is 1. The standard InChI is InChI=1S/C27H35N3O5/c1-3-19-34-24-11-5-21(6-12-24)25(31)13-14-27(33)35-20-26(32)28-22-7-9-23(10-8-22)30-17-15-29(4-2)16-18-30/h5-12H,3-4,13-20H2,1-2H3,(H,28,32). The van der Waals surface area contributed by atoms with Gasteiger partial charge in [0.2, 0.25) is 0 Å². The molecule has 2 aromatic rings. The number of carbonyl (C=O) groups excluding carboxylic acids is 3. The summed E-state index contributed by atoms with van der Waals surface area (Å²) in [6.45, 7) is 9.56. The minimum Gasteiger partial charge on any atom is -0.494 e. The minimum absolute atomic E-state index is 0.0175. The van der Waals surface area contributed by atoms with E-state index in [9.17, 15) is 14.4 Å². The monoisotopic (exact) mass is 481 g/mol. The highest BCUT2D eigenvalue weighted by Crippen LogP contribution is 2.19. The quantitative estimate of drug-likeness (QED) is 0.365. The molecule has 0 aromatic heterocycles. The number of amides is 1. The van der Waals surface area contributed by atoms with Crippen LogP contribution in [0.5, 0.6) is 5.75 Å². The third-order valence-electron chi connectivity index (χ3n) is 5.91. The lowest BCUT2D eigenvalue weighted by Gasteiger charge is -2.35. The Morgan fingerprint density at radius 3 is 2.20 bits per heavy atom. The summed E-state index contributed by atoms with van der Waals surface area (Å²) in [5, 5.41) is 2.73. The van der Waals surface area contributed by atoms with Crippen LogP contribution in [0.25, 0.3) is 0 Å². The zero-order valence-corrected chi connectivity index (χ0v) is 20.6. The third-order valence-corrected chi connectivity index (χ3v) is 5.91. The number of benzene rings is 2. The Morgan fingerprint density at radius 1 is 0.886 bits per heavy atom. The van der Waals surface area contributed by atoms with Gasteiger partial charge in [0.1, 0.15) is 5.75 Å². The topological polar surface area (TPSA) is 88.2 Å². The normalized spacial score (nSPS) is 13.8. The van der Waals surface area contributed by atoms with E-state index in [2.05, 4.69) is 22.0 Å². The number of carbonyl (C=O) groups is 3. The lowest BCUT2D eigenvalue weighted by Crippen LogP contribution is -2.46. The van der Waals surface area contributed by atoms with Crippen molar-refractivity contribution in [1.29, 1.82) is 0 Å². The molecule has 0 aliphatic carbocycles. The first-order chi connectivity index (χ1) is 17.0. The average Bonchev–Trinajstić information content (AvgIpc) is 2.90. The highest BCUT2D eigenvalue weighted by Gasteiger charge is 2.16. The van der Waals surface area contributed by atoms with Crippen molar-refractivity contribution in [3.05, 3.63) is 54.1 Å². The van der Waals surface area contributed by atoms with Gasteiger partial charge in [-0.25, -0.2) is 0 Å². The number of piperazine rings is 1. The molecule has 0 radical (unpaired) electrons. The van der Waals surface area contributed by atoms with E-state index in [1.54, 1.807) is 24.3 Å². The molecule has 8 nitrogen and oxygen atoms in total. The summed E-state index contributed by atoms with van der Waals surface area (Å²) in [5.41, 5.74) is 2.27. The van der Waals surface area contributed by atoms with Crippen LogP contribution in [0.2, 0.25) is 0 Å². The lowest BCUT2D eigenvalue weighted by atomic mass is 10.1. The second-order valence-corrected chi connectivity index (χ2v) is 8.47. The molecule has 1 heterocycles. The summed E-state index contributed by atoms with van der Waals surface area (Å²) in [7, 11) is 0. The highest BCUT2D eigenvalue weighted by molar-refractivity contribution is 5.98. The Kier molecular flexibility index (Phi) is 10.1. The number of esters is 1. The molecule has 1 saturated heterocycles. The molecule has 2 aromatic carbocycles. The molecular formula is C27H35N3O5. The molecule has 35 heavy (non-hydrogen) atoms. The van der Waals surface area contributed by atoms with Crippen molar-refractivity contribution in [2.45, 2.75) is 33.1 Å². The summed E-state index contributed by atoms with van der Waals surface area (Å²) in [6, 6.07) is 14.5. The van der Waals surface area contributed by atoms with Gasteiger partial charge in [0.25, 0.3) is 5.91 Å². The predicted molar refractivity (Wildman–Crippen MR) is 136 cm³/mol. The van der Waals surface area contributed by atoms with Gasteiger partial charge in [-0.2, -0.15) is 0 Å².